The standard InChI is InChI=1S/2C41H64O14/c2*1-19-36(47)28(42)15-34(50-19)54-38-21(3)52-35(17-30(38)44)55-37-20(2)51-33(16-29(37)43)53-24-8-10-39(4)23(13-24)6-7-26-27(39)14-31(45)40(5)25(9-11-41(26,40)48)22-12-32(46)49-18-22/h2*12,19-21,23-31,33-38,42-45,47-48H,6-11,13-18H2,1-5H3. The van der Waals surface area contributed by atoms with Crippen molar-refractivity contribution in [3.05, 3.63) is 23.3 Å². The molecule has 6 saturated heterocycles. The molecule has 0 aromatic heterocycles. The number of cyclic esters (lactones) is 2. The zero-order valence-electron chi connectivity index (χ0n) is 65.8. The molecule has 624 valence electrons. The lowest BCUT2D eigenvalue weighted by molar-refractivity contribution is -0.336. The van der Waals surface area contributed by atoms with Gasteiger partial charge < -0.3 is 128 Å². The number of esters is 2. The van der Waals surface area contributed by atoms with Crippen LogP contribution in [0.4, 0.5) is 0 Å². The Morgan fingerprint density at radius 1 is 0.345 bits per heavy atom. The summed E-state index contributed by atoms with van der Waals surface area (Å²) in [7, 11) is 0. The monoisotopic (exact) mass is 1560 g/mol. The summed E-state index contributed by atoms with van der Waals surface area (Å²) in [5, 5.41) is 134. The second-order valence-electron chi connectivity index (χ2n) is 37.6. The summed E-state index contributed by atoms with van der Waals surface area (Å²) in [6.07, 6.45) is -3.02. The first-order valence-corrected chi connectivity index (χ1v) is 41.9. The summed E-state index contributed by atoms with van der Waals surface area (Å²) in [5.74, 6) is 0.408. The van der Waals surface area contributed by atoms with Crippen LogP contribution in [0.1, 0.15) is 210 Å². The second kappa shape index (κ2) is 31.6. The quantitative estimate of drug-likeness (QED) is 0.0845. The molecule has 42 atom stereocenters. The van der Waals surface area contributed by atoms with E-state index in [2.05, 4.69) is 13.8 Å². The average molecular weight is 1560 g/mol. The number of rotatable bonds is 14. The molecular formula is C82H128O28. The van der Waals surface area contributed by atoms with Crippen LogP contribution in [0.3, 0.4) is 0 Å². The van der Waals surface area contributed by atoms with Crippen LogP contribution in [0.25, 0.3) is 0 Å². The lowest BCUT2D eigenvalue weighted by Gasteiger charge is -2.65. The topological polar surface area (TPSA) is 406 Å². The van der Waals surface area contributed by atoms with E-state index in [0.717, 1.165) is 88.2 Å². The molecule has 0 bridgehead atoms. The van der Waals surface area contributed by atoms with Crippen LogP contribution in [0.15, 0.2) is 23.3 Å². The van der Waals surface area contributed by atoms with Crippen molar-refractivity contribution in [2.24, 2.45) is 69.0 Å². The van der Waals surface area contributed by atoms with Crippen LogP contribution in [0.2, 0.25) is 0 Å². The number of aliphatic hydroxyl groups is 12. The predicted molar refractivity (Wildman–Crippen MR) is 385 cm³/mol. The fraction of sp³-hybridized carbons (Fsp3) is 0.927. The molecule has 8 heterocycles. The first-order valence-electron chi connectivity index (χ1n) is 41.9. The molecule has 12 N–H and O–H groups in total. The Hall–Kier alpha value is -2.54. The van der Waals surface area contributed by atoms with E-state index in [-0.39, 0.29) is 122 Å². The molecule has 8 saturated carbocycles. The summed E-state index contributed by atoms with van der Waals surface area (Å²) in [6, 6.07) is 0. The molecule has 110 heavy (non-hydrogen) atoms. The van der Waals surface area contributed by atoms with E-state index in [1.807, 2.05) is 27.7 Å². The summed E-state index contributed by atoms with van der Waals surface area (Å²) in [4.78, 5) is 23.9. The fourth-order valence-electron chi connectivity index (χ4n) is 25.5. The molecule has 0 amide bonds. The van der Waals surface area contributed by atoms with Crippen molar-refractivity contribution in [2.45, 2.75) is 394 Å². The number of ether oxygens (including phenoxy) is 14. The Morgan fingerprint density at radius 3 is 0.936 bits per heavy atom. The van der Waals surface area contributed by atoms with E-state index in [1.165, 1.54) is 0 Å². The van der Waals surface area contributed by atoms with Gasteiger partial charge in [-0.2, -0.15) is 0 Å². The predicted octanol–water partition coefficient (Wildman–Crippen LogP) is 4.44. The third-order valence-corrected chi connectivity index (χ3v) is 31.9. The van der Waals surface area contributed by atoms with E-state index >= 15 is 0 Å². The Bertz CT molecular complexity index is 3030. The average Bonchev–Trinajstić information content (AvgIpc) is 1.42. The van der Waals surface area contributed by atoms with Crippen molar-refractivity contribution in [3.63, 3.8) is 0 Å². The van der Waals surface area contributed by atoms with Crippen molar-refractivity contribution >= 4 is 11.9 Å². The van der Waals surface area contributed by atoms with Crippen molar-refractivity contribution < 1.29 is 137 Å². The minimum absolute atomic E-state index is 0.0452. The number of aliphatic hydroxyl groups excluding tert-OH is 10. The highest BCUT2D eigenvalue weighted by molar-refractivity contribution is 5.86. The minimum atomic E-state index is -1.01. The molecule has 28 nitrogen and oxygen atoms in total. The third kappa shape index (κ3) is 14.7. The third-order valence-electron chi connectivity index (χ3n) is 31.9. The molecule has 16 rings (SSSR count). The van der Waals surface area contributed by atoms with Gasteiger partial charge in [0.25, 0.3) is 0 Å². The van der Waals surface area contributed by atoms with Crippen molar-refractivity contribution in [3.8, 4) is 0 Å². The second-order valence-corrected chi connectivity index (χ2v) is 37.6. The van der Waals surface area contributed by atoms with E-state index in [1.54, 1.807) is 39.8 Å². The van der Waals surface area contributed by atoms with Gasteiger partial charge >= 0.3 is 11.9 Å². The lowest BCUT2D eigenvalue weighted by atomic mass is 9.42. The summed E-state index contributed by atoms with van der Waals surface area (Å²) < 4.78 is 84.2. The molecule has 14 fully saturated rings. The van der Waals surface area contributed by atoms with Gasteiger partial charge in [-0.3, -0.25) is 0 Å². The van der Waals surface area contributed by atoms with Gasteiger partial charge in [0.1, 0.15) is 49.8 Å². The van der Waals surface area contributed by atoms with Crippen LogP contribution in [0.5, 0.6) is 0 Å². The van der Waals surface area contributed by atoms with Crippen molar-refractivity contribution in [1.29, 1.82) is 0 Å². The van der Waals surface area contributed by atoms with E-state index in [4.69, 9.17) is 66.3 Å². The van der Waals surface area contributed by atoms with Gasteiger partial charge in [0.15, 0.2) is 37.7 Å². The molecule has 8 aliphatic heterocycles. The fourth-order valence-corrected chi connectivity index (χ4v) is 25.5. The number of hydrogen-bond donors (Lipinski definition) is 12. The van der Waals surface area contributed by atoms with Crippen molar-refractivity contribution in [2.75, 3.05) is 13.2 Å². The maximum absolute atomic E-state index is 12.6. The number of carbonyl (C=O) groups is 2. The molecule has 16 aliphatic rings. The van der Waals surface area contributed by atoms with Crippen LogP contribution in [-0.4, -0.2) is 270 Å². The van der Waals surface area contributed by atoms with Crippen LogP contribution >= 0.6 is 0 Å². The smallest absolute Gasteiger partial charge is 0.331 e. The Morgan fingerprint density at radius 2 is 0.645 bits per heavy atom. The van der Waals surface area contributed by atoms with Gasteiger partial charge in [-0.25, -0.2) is 9.59 Å². The SMILES string of the molecule is CC1OC(OC2C(O)CC(OC3C(O)CC(OC4CCC5(C)C(CCC6C5CC(O)C5(C)C(C7=CC(=O)OC7)CCC65O)C4)OC3C)OC2C)CC(O)C1O.CC1OC(OC2C(O)CC(OC3C(O)CC(OC4CCC5(C)C(CCC6C5CC(O)C5(C)C(C7=CC(=O)OC7)CCC65O)C4)OC3C)OC2C)CC(O)C1O. The minimum Gasteiger partial charge on any atom is -0.458 e. The van der Waals surface area contributed by atoms with Crippen molar-refractivity contribution in [1.82, 2.24) is 0 Å². The maximum atomic E-state index is 12.6. The molecule has 0 aromatic carbocycles. The molecular weight excluding hydrogens is 1430 g/mol. The number of hydrogen-bond acceptors (Lipinski definition) is 28. The van der Waals surface area contributed by atoms with Gasteiger partial charge in [-0.05, 0) is 214 Å². The molecule has 42 unspecified atom stereocenters. The normalized spacial score (nSPS) is 55.5. The Labute approximate surface area is 645 Å². The molecule has 0 aromatic rings. The lowest BCUT2D eigenvalue weighted by Crippen LogP contribution is -2.67. The molecule has 28 heteroatoms. The highest BCUT2D eigenvalue weighted by Crippen LogP contribution is 2.72. The highest BCUT2D eigenvalue weighted by Gasteiger charge is 2.73. The van der Waals surface area contributed by atoms with Gasteiger partial charge in [0.05, 0.1) is 109 Å². The summed E-state index contributed by atoms with van der Waals surface area (Å²) >= 11 is 0. The first kappa shape index (κ1) is 82.6. The summed E-state index contributed by atoms with van der Waals surface area (Å²) in [6.45, 7) is 19.8. The Kier molecular flexibility index (Phi) is 23.7. The van der Waals surface area contributed by atoms with E-state index in [9.17, 15) is 70.9 Å². The molecule has 0 spiro atoms. The zero-order valence-corrected chi connectivity index (χ0v) is 65.8. The Balaban J connectivity index is 0.000000175. The zero-order chi connectivity index (χ0) is 78.4. The number of carbonyl (C=O) groups excluding carboxylic acids is 2. The molecule has 0 radical (unpaired) electrons. The highest BCUT2D eigenvalue weighted by atomic mass is 16.8. The summed E-state index contributed by atoms with van der Waals surface area (Å²) in [5.41, 5.74) is -1.78. The van der Waals surface area contributed by atoms with E-state index < -0.39 is 182 Å². The maximum Gasteiger partial charge on any atom is 0.331 e. The van der Waals surface area contributed by atoms with Gasteiger partial charge in [-0.1, -0.05) is 27.7 Å². The van der Waals surface area contributed by atoms with Gasteiger partial charge in [-0.15, -0.1) is 0 Å². The van der Waals surface area contributed by atoms with Gasteiger partial charge in [0.2, 0.25) is 0 Å². The first-order chi connectivity index (χ1) is 52.0. The van der Waals surface area contributed by atoms with Gasteiger partial charge in [0, 0.05) is 61.5 Å². The van der Waals surface area contributed by atoms with Crippen LogP contribution in [-0.2, 0) is 75.9 Å². The van der Waals surface area contributed by atoms with Crippen LogP contribution in [0, 0.1) is 69.0 Å². The van der Waals surface area contributed by atoms with E-state index in [0.29, 0.717) is 37.5 Å². The number of fused-ring (bicyclic) bond motifs is 10. The largest absolute Gasteiger partial charge is 0.458 e. The van der Waals surface area contributed by atoms with Crippen LogP contribution < -0.4 is 0 Å². The molecule has 8 aliphatic carbocycles.